The second kappa shape index (κ2) is 6.74. The van der Waals surface area contributed by atoms with E-state index in [-0.39, 0.29) is 6.10 Å². The summed E-state index contributed by atoms with van der Waals surface area (Å²) < 4.78 is 0. The number of nitrogens with one attached hydrogen (secondary N) is 2. The third-order valence-electron chi connectivity index (χ3n) is 2.87. The van der Waals surface area contributed by atoms with Crippen LogP contribution in [0.25, 0.3) is 0 Å². The van der Waals surface area contributed by atoms with Gasteiger partial charge in [0.1, 0.15) is 0 Å². The maximum atomic E-state index is 9.70. The Labute approximate surface area is 98.5 Å². The molecule has 0 heterocycles. The summed E-state index contributed by atoms with van der Waals surface area (Å²) in [5.41, 5.74) is 0. The van der Waals surface area contributed by atoms with Gasteiger partial charge in [-0.05, 0) is 33.6 Å². The van der Waals surface area contributed by atoms with Crippen LogP contribution >= 0.6 is 0 Å². The Morgan fingerprint density at radius 1 is 1.44 bits per heavy atom. The quantitative estimate of drug-likeness (QED) is 0.498. The number of aliphatic hydroxyl groups excluding tert-OH is 1. The van der Waals surface area contributed by atoms with Crippen LogP contribution in [0.15, 0.2) is 4.99 Å². The van der Waals surface area contributed by atoms with E-state index >= 15 is 0 Å². The van der Waals surface area contributed by atoms with Gasteiger partial charge in [0.15, 0.2) is 5.96 Å². The van der Waals surface area contributed by atoms with E-state index in [0.29, 0.717) is 12.0 Å². The van der Waals surface area contributed by atoms with Crippen LogP contribution in [0.1, 0.15) is 40.0 Å². The van der Waals surface area contributed by atoms with Gasteiger partial charge in [-0.3, -0.25) is 4.99 Å². The normalized spacial score (nSPS) is 26.2. The summed E-state index contributed by atoms with van der Waals surface area (Å²) in [4.78, 5) is 4.52. The number of rotatable bonds is 4. The highest BCUT2D eigenvalue weighted by atomic mass is 16.3. The van der Waals surface area contributed by atoms with E-state index in [4.69, 9.17) is 0 Å². The topological polar surface area (TPSA) is 56.7 Å². The summed E-state index contributed by atoms with van der Waals surface area (Å²) in [6.07, 6.45) is 3.03. The molecule has 1 rings (SSSR count). The molecule has 0 radical (unpaired) electrons. The van der Waals surface area contributed by atoms with Crippen LogP contribution in [0.4, 0.5) is 0 Å². The van der Waals surface area contributed by atoms with Crippen molar-refractivity contribution in [2.24, 2.45) is 10.9 Å². The molecule has 0 aliphatic heterocycles. The summed E-state index contributed by atoms with van der Waals surface area (Å²) in [5.74, 6) is 1.21. The lowest BCUT2D eigenvalue weighted by Crippen LogP contribution is -2.41. The Bertz CT molecular complexity index is 228. The molecule has 2 unspecified atom stereocenters. The predicted octanol–water partition coefficient (Wildman–Crippen LogP) is 1.11. The van der Waals surface area contributed by atoms with E-state index in [1.54, 1.807) is 0 Å². The molecule has 1 saturated carbocycles. The maximum Gasteiger partial charge on any atom is 0.191 e. The highest BCUT2D eigenvalue weighted by Crippen LogP contribution is 2.25. The van der Waals surface area contributed by atoms with Crippen LogP contribution in [0.2, 0.25) is 0 Å². The highest BCUT2D eigenvalue weighted by Gasteiger charge is 2.24. The van der Waals surface area contributed by atoms with Gasteiger partial charge in [-0.25, -0.2) is 0 Å². The molecule has 94 valence electrons. The lowest BCUT2D eigenvalue weighted by Gasteiger charge is -2.16. The summed E-state index contributed by atoms with van der Waals surface area (Å²) in [6.45, 7) is 7.84. The van der Waals surface area contributed by atoms with Crippen molar-refractivity contribution in [2.75, 3.05) is 13.1 Å². The maximum absolute atomic E-state index is 9.70. The van der Waals surface area contributed by atoms with Gasteiger partial charge in [-0.15, -0.1) is 0 Å². The van der Waals surface area contributed by atoms with Crippen molar-refractivity contribution in [2.45, 2.75) is 52.2 Å². The molecule has 0 aromatic heterocycles. The summed E-state index contributed by atoms with van der Waals surface area (Å²) in [6, 6.07) is 0.381. The third kappa shape index (κ3) is 4.39. The number of hydrogen-bond acceptors (Lipinski definition) is 2. The van der Waals surface area contributed by atoms with Crippen molar-refractivity contribution >= 4 is 5.96 Å². The van der Waals surface area contributed by atoms with Crippen molar-refractivity contribution in [1.29, 1.82) is 0 Å². The zero-order chi connectivity index (χ0) is 12.0. The smallest absolute Gasteiger partial charge is 0.191 e. The van der Waals surface area contributed by atoms with Crippen molar-refractivity contribution in [1.82, 2.24) is 10.6 Å². The molecule has 0 aromatic carbocycles. The average molecular weight is 227 g/mol. The standard InChI is InChI=1S/C12H25N3O/c1-4-13-12(15-9(2)3)14-8-10-6-5-7-11(10)16/h9-11,16H,4-8H2,1-3H3,(H2,13,14,15). The zero-order valence-corrected chi connectivity index (χ0v) is 10.7. The molecule has 16 heavy (non-hydrogen) atoms. The molecule has 1 fully saturated rings. The first-order valence-corrected chi connectivity index (χ1v) is 6.36. The number of guanidine groups is 1. The summed E-state index contributed by atoms with van der Waals surface area (Å²) >= 11 is 0. The van der Waals surface area contributed by atoms with Crippen molar-refractivity contribution in [3.63, 3.8) is 0 Å². The van der Waals surface area contributed by atoms with E-state index in [2.05, 4.69) is 36.4 Å². The Hall–Kier alpha value is -0.770. The fourth-order valence-electron chi connectivity index (χ4n) is 2.03. The Morgan fingerprint density at radius 2 is 2.19 bits per heavy atom. The van der Waals surface area contributed by atoms with Gasteiger partial charge in [0, 0.05) is 25.0 Å². The van der Waals surface area contributed by atoms with Crippen LogP contribution in [0.3, 0.4) is 0 Å². The van der Waals surface area contributed by atoms with Crippen molar-refractivity contribution in [3.05, 3.63) is 0 Å². The van der Waals surface area contributed by atoms with Gasteiger partial charge in [0.05, 0.1) is 6.10 Å². The van der Waals surface area contributed by atoms with Crippen molar-refractivity contribution in [3.8, 4) is 0 Å². The average Bonchev–Trinajstić information content (AvgIpc) is 2.60. The first-order chi connectivity index (χ1) is 7.63. The third-order valence-corrected chi connectivity index (χ3v) is 2.87. The molecule has 4 heteroatoms. The molecule has 0 bridgehead atoms. The van der Waals surface area contributed by atoms with Crippen molar-refractivity contribution < 1.29 is 5.11 Å². The minimum absolute atomic E-state index is 0.148. The number of aliphatic hydroxyl groups is 1. The minimum Gasteiger partial charge on any atom is -0.393 e. The molecule has 0 saturated heterocycles. The van der Waals surface area contributed by atoms with Crippen LogP contribution in [0.5, 0.6) is 0 Å². The highest BCUT2D eigenvalue weighted by molar-refractivity contribution is 5.79. The van der Waals surface area contributed by atoms with E-state index in [0.717, 1.165) is 38.3 Å². The Kier molecular flexibility index (Phi) is 5.60. The SMILES string of the molecule is CCNC(=NCC1CCCC1O)NC(C)C. The van der Waals surface area contributed by atoms with Gasteiger partial charge in [-0.1, -0.05) is 6.42 Å². The summed E-state index contributed by atoms with van der Waals surface area (Å²) in [5, 5.41) is 16.2. The molecular formula is C12H25N3O. The number of nitrogens with zero attached hydrogens (tertiary/aromatic N) is 1. The molecule has 3 N–H and O–H groups in total. The fourth-order valence-corrected chi connectivity index (χ4v) is 2.03. The number of aliphatic imine (C=N–C) groups is 1. The lowest BCUT2D eigenvalue weighted by molar-refractivity contribution is 0.136. The van der Waals surface area contributed by atoms with E-state index in [1.807, 2.05) is 0 Å². The van der Waals surface area contributed by atoms with E-state index in [9.17, 15) is 5.11 Å². The van der Waals surface area contributed by atoms with Gasteiger partial charge in [0.25, 0.3) is 0 Å². The number of hydrogen-bond donors (Lipinski definition) is 3. The molecule has 0 aromatic rings. The molecule has 4 nitrogen and oxygen atoms in total. The van der Waals surface area contributed by atoms with Crippen LogP contribution in [0, 0.1) is 5.92 Å². The second-order valence-corrected chi connectivity index (χ2v) is 4.78. The van der Waals surface area contributed by atoms with Crippen LogP contribution < -0.4 is 10.6 Å². The van der Waals surface area contributed by atoms with Crippen LogP contribution in [-0.4, -0.2) is 36.3 Å². The largest absolute Gasteiger partial charge is 0.393 e. The lowest BCUT2D eigenvalue weighted by atomic mass is 10.1. The van der Waals surface area contributed by atoms with Gasteiger partial charge < -0.3 is 15.7 Å². The molecule has 1 aliphatic rings. The summed E-state index contributed by atoms with van der Waals surface area (Å²) in [7, 11) is 0. The predicted molar refractivity (Wildman–Crippen MR) is 67.6 cm³/mol. The van der Waals surface area contributed by atoms with Crippen LogP contribution in [-0.2, 0) is 0 Å². The van der Waals surface area contributed by atoms with Gasteiger partial charge in [0.2, 0.25) is 0 Å². The van der Waals surface area contributed by atoms with E-state index in [1.165, 1.54) is 0 Å². The molecular weight excluding hydrogens is 202 g/mol. The van der Waals surface area contributed by atoms with Gasteiger partial charge in [-0.2, -0.15) is 0 Å². The minimum atomic E-state index is -0.148. The zero-order valence-electron chi connectivity index (χ0n) is 10.7. The molecule has 0 spiro atoms. The Balaban J connectivity index is 2.43. The molecule has 2 atom stereocenters. The monoisotopic (exact) mass is 227 g/mol. The fraction of sp³-hybridized carbons (Fsp3) is 0.917. The second-order valence-electron chi connectivity index (χ2n) is 4.78. The first-order valence-electron chi connectivity index (χ1n) is 6.36. The Morgan fingerprint density at radius 3 is 2.69 bits per heavy atom. The van der Waals surface area contributed by atoms with E-state index < -0.39 is 0 Å². The first kappa shape index (κ1) is 13.3. The molecule has 0 amide bonds. The molecule has 1 aliphatic carbocycles. The van der Waals surface area contributed by atoms with Gasteiger partial charge >= 0.3 is 0 Å².